The number of fused-ring (bicyclic) bond motifs is 6. The van der Waals surface area contributed by atoms with Crippen molar-refractivity contribution in [3.63, 3.8) is 0 Å². The van der Waals surface area contributed by atoms with E-state index >= 15 is 0 Å². The lowest BCUT2D eigenvalue weighted by Gasteiger charge is -2.40. The highest BCUT2D eigenvalue weighted by Crippen LogP contribution is 2.29. The van der Waals surface area contributed by atoms with Crippen molar-refractivity contribution in [2.24, 2.45) is 0 Å². The van der Waals surface area contributed by atoms with E-state index in [2.05, 4.69) is 15.5 Å². The zero-order valence-corrected chi connectivity index (χ0v) is 20.9. The summed E-state index contributed by atoms with van der Waals surface area (Å²) in [6, 6.07) is -0.239. The second-order valence-corrected chi connectivity index (χ2v) is 10.8. The van der Waals surface area contributed by atoms with Crippen LogP contribution in [0.4, 0.5) is 0 Å². The Morgan fingerprint density at radius 1 is 1.03 bits per heavy atom. The van der Waals surface area contributed by atoms with Gasteiger partial charge in [-0.25, -0.2) is 0 Å². The maximum Gasteiger partial charge on any atom is 0.240 e. The minimum Gasteiger partial charge on any atom is -0.388 e. The van der Waals surface area contributed by atoms with Crippen molar-refractivity contribution in [3.05, 3.63) is 0 Å². The predicted molar refractivity (Wildman–Crippen MR) is 127 cm³/mol. The summed E-state index contributed by atoms with van der Waals surface area (Å²) in [4.78, 5) is 44.8. The van der Waals surface area contributed by atoms with Crippen molar-refractivity contribution >= 4 is 17.7 Å². The minimum atomic E-state index is -1.23. The minimum absolute atomic E-state index is 0.0503. The van der Waals surface area contributed by atoms with Crippen LogP contribution in [0.1, 0.15) is 32.6 Å². The smallest absolute Gasteiger partial charge is 0.240 e. The molecule has 5 rings (SSSR count). The van der Waals surface area contributed by atoms with Gasteiger partial charge in [0.1, 0.15) is 18.3 Å². The quantitative estimate of drug-likeness (QED) is 0.296. The molecule has 5 fully saturated rings. The van der Waals surface area contributed by atoms with Gasteiger partial charge in [-0.05, 0) is 32.4 Å². The second-order valence-electron chi connectivity index (χ2n) is 10.8. The van der Waals surface area contributed by atoms with Crippen LogP contribution in [-0.4, -0.2) is 144 Å². The third kappa shape index (κ3) is 5.39. The number of amides is 3. The first-order valence-corrected chi connectivity index (χ1v) is 13.2. The summed E-state index contributed by atoms with van der Waals surface area (Å²) in [6.45, 7) is 5.38. The number of carbonyl (C=O) groups is 3. The van der Waals surface area contributed by atoms with Gasteiger partial charge in [0.05, 0.1) is 31.3 Å². The second kappa shape index (κ2) is 10.9. The van der Waals surface area contributed by atoms with Crippen LogP contribution in [0.2, 0.25) is 0 Å². The molecule has 0 aromatic heterocycles. The first-order valence-electron chi connectivity index (χ1n) is 13.2. The van der Waals surface area contributed by atoms with Gasteiger partial charge in [0.2, 0.25) is 17.7 Å². The summed E-state index contributed by atoms with van der Waals surface area (Å²) in [5.41, 5.74) is 0. The molecule has 3 amide bonds. The lowest BCUT2D eigenvalue weighted by Crippen LogP contribution is -2.56. The van der Waals surface area contributed by atoms with Crippen molar-refractivity contribution in [2.75, 3.05) is 52.4 Å². The highest BCUT2D eigenvalue weighted by atomic mass is 16.5. The molecule has 5 aliphatic rings. The molecule has 12 heteroatoms. The summed E-state index contributed by atoms with van der Waals surface area (Å²) in [5.74, 6) is -0.447. The number of piperidine rings is 1. The molecular weight excluding hydrogens is 470 g/mol. The fraction of sp³-hybridized carbons (Fsp3) is 0.875. The van der Waals surface area contributed by atoms with E-state index in [0.29, 0.717) is 32.7 Å². The molecule has 0 radical (unpaired) electrons. The normalized spacial score (nSPS) is 39.4. The number of hydrogen-bond donors (Lipinski definition) is 4. The molecule has 5 saturated heterocycles. The van der Waals surface area contributed by atoms with Gasteiger partial charge in [-0.1, -0.05) is 0 Å². The Morgan fingerprint density at radius 2 is 1.78 bits per heavy atom. The van der Waals surface area contributed by atoms with Crippen LogP contribution < -0.4 is 10.6 Å². The molecule has 5 aliphatic heterocycles. The topological polar surface area (TPSA) is 144 Å². The molecule has 36 heavy (non-hydrogen) atoms. The van der Waals surface area contributed by atoms with Crippen LogP contribution in [0.15, 0.2) is 0 Å². The van der Waals surface area contributed by atoms with E-state index in [1.54, 1.807) is 0 Å². The van der Waals surface area contributed by atoms with Gasteiger partial charge in [0, 0.05) is 51.7 Å². The highest BCUT2D eigenvalue weighted by molar-refractivity contribution is 5.83. The predicted octanol–water partition coefficient (Wildman–Crippen LogP) is -2.73. The Hall–Kier alpha value is -1.83. The fourth-order valence-corrected chi connectivity index (χ4v) is 6.40. The number of rotatable bonds is 1. The van der Waals surface area contributed by atoms with Crippen molar-refractivity contribution < 1.29 is 34.1 Å². The SMILES string of the molecule is CC(=O)N1C[C@@H]2CN(CCO2)C(=O)[C@@H]2C[C@@H](CN2C2CCNCC2)NC(=O)C[C@@H]2O[C@H](C1)[C@@H](O)[C@H]2O. The van der Waals surface area contributed by atoms with Crippen LogP contribution in [0.5, 0.6) is 0 Å². The maximum absolute atomic E-state index is 13.8. The van der Waals surface area contributed by atoms with Gasteiger partial charge in [0.15, 0.2) is 0 Å². The Morgan fingerprint density at radius 3 is 2.53 bits per heavy atom. The average Bonchev–Trinajstić information content (AvgIpc) is 3.40. The summed E-state index contributed by atoms with van der Waals surface area (Å²) < 4.78 is 11.8. The average molecular weight is 510 g/mol. The number of likely N-dealkylation sites (tertiary alicyclic amines) is 1. The van der Waals surface area contributed by atoms with E-state index in [-0.39, 0.29) is 61.5 Å². The van der Waals surface area contributed by atoms with Gasteiger partial charge in [-0.15, -0.1) is 0 Å². The Kier molecular flexibility index (Phi) is 7.80. The number of ether oxygens (including phenoxy) is 2. The lowest BCUT2D eigenvalue weighted by molar-refractivity contribution is -0.147. The number of nitrogens with zero attached hydrogens (tertiary/aromatic N) is 3. The Bertz CT molecular complexity index is 840. The van der Waals surface area contributed by atoms with Crippen LogP contribution in [0.3, 0.4) is 0 Å². The van der Waals surface area contributed by atoms with E-state index in [9.17, 15) is 24.6 Å². The van der Waals surface area contributed by atoms with Crippen LogP contribution in [-0.2, 0) is 23.9 Å². The van der Waals surface area contributed by atoms with Crippen LogP contribution in [0.25, 0.3) is 0 Å². The summed E-state index contributed by atoms with van der Waals surface area (Å²) in [5, 5.41) is 27.6. The Balaban J connectivity index is 1.40. The molecule has 0 aromatic carbocycles. The molecule has 0 saturated carbocycles. The van der Waals surface area contributed by atoms with Crippen LogP contribution >= 0.6 is 0 Å². The van der Waals surface area contributed by atoms with E-state index < -0.39 is 24.4 Å². The maximum atomic E-state index is 13.8. The molecule has 12 nitrogen and oxygen atoms in total. The number of carbonyl (C=O) groups excluding carboxylic acids is 3. The highest BCUT2D eigenvalue weighted by Gasteiger charge is 2.47. The zero-order chi connectivity index (χ0) is 25.4. The Labute approximate surface area is 211 Å². The molecule has 0 aromatic rings. The largest absolute Gasteiger partial charge is 0.388 e. The van der Waals surface area contributed by atoms with Crippen LogP contribution in [0, 0.1) is 0 Å². The fourth-order valence-electron chi connectivity index (χ4n) is 6.40. The number of hydrogen-bond acceptors (Lipinski definition) is 9. The summed E-state index contributed by atoms with van der Waals surface area (Å²) in [7, 11) is 0. The number of aliphatic hydroxyl groups is 2. The number of morpholine rings is 1. The third-order valence-corrected chi connectivity index (χ3v) is 8.34. The molecule has 0 unspecified atom stereocenters. The van der Waals surface area contributed by atoms with Gasteiger partial charge in [-0.3, -0.25) is 19.3 Å². The van der Waals surface area contributed by atoms with Gasteiger partial charge >= 0.3 is 0 Å². The van der Waals surface area contributed by atoms with E-state index in [4.69, 9.17) is 9.47 Å². The third-order valence-electron chi connectivity index (χ3n) is 8.34. The van der Waals surface area contributed by atoms with E-state index in [1.165, 1.54) is 11.8 Å². The molecule has 6 bridgehead atoms. The van der Waals surface area contributed by atoms with Gasteiger partial charge in [0.25, 0.3) is 0 Å². The molecular formula is C24H39N5O7. The van der Waals surface area contributed by atoms with Crippen molar-refractivity contribution in [3.8, 4) is 0 Å². The van der Waals surface area contributed by atoms with E-state index in [1.807, 2.05) is 4.90 Å². The zero-order valence-electron chi connectivity index (χ0n) is 20.9. The van der Waals surface area contributed by atoms with Gasteiger partial charge < -0.3 is 40.1 Å². The first kappa shape index (κ1) is 25.8. The molecule has 0 spiro atoms. The molecule has 7 atom stereocenters. The van der Waals surface area contributed by atoms with Crippen molar-refractivity contribution in [1.29, 1.82) is 0 Å². The summed E-state index contributed by atoms with van der Waals surface area (Å²) in [6.07, 6.45) is -2.16. The summed E-state index contributed by atoms with van der Waals surface area (Å²) >= 11 is 0. The van der Waals surface area contributed by atoms with Gasteiger partial charge in [-0.2, -0.15) is 0 Å². The number of nitrogens with one attached hydrogen (secondary N) is 2. The van der Waals surface area contributed by atoms with E-state index in [0.717, 1.165) is 25.9 Å². The van der Waals surface area contributed by atoms with Crippen molar-refractivity contribution in [2.45, 2.75) is 81.3 Å². The van der Waals surface area contributed by atoms with Crippen molar-refractivity contribution in [1.82, 2.24) is 25.3 Å². The molecule has 5 heterocycles. The monoisotopic (exact) mass is 509 g/mol. The molecule has 4 N–H and O–H groups in total. The lowest BCUT2D eigenvalue weighted by atomic mass is 10.0. The first-order chi connectivity index (χ1) is 17.3. The standard InChI is InChI=1S/C24H39N5O7/c1-14(30)28-12-17-11-27(6-7-35-17)24(34)18-8-15(10-29(18)16-2-4-25-5-3-16)26-21(31)9-19-22(32)23(33)20(13-28)36-19/h15-20,22-23,25,32-33H,2-13H2,1H3,(H,26,31)/t15-,17-,18-,19-,20+,22-,23+/m0/s1. The molecule has 202 valence electrons. The number of aliphatic hydroxyl groups excluding tert-OH is 2. The molecule has 0 aliphatic carbocycles.